The van der Waals surface area contributed by atoms with E-state index in [1.807, 2.05) is 0 Å². The predicted molar refractivity (Wildman–Crippen MR) is 195 cm³/mol. The van der Waals surface area contributed by atoms with E-state index in [9.17, 15) is 0 Å². The molecular weight excluding hydrogens is 542 g/mol. The number of fused-ring (bicyclic) bond motifs is 2. The minimum atomic E-state index is 0.0323. The van der Waals surface area contributed by atoms with Crippen molar-refractivity contribution in [2.24, 2.45) is 0 Å². The zero-order chi connectivity index (χ0) is 31.3. The fourth-order valence-electron chi connectivity index (χ4n) is 6.53. The van der Waals surface area contributed by atoms with Crippen molar-refractivity contribution in [1.82, 2.24) is 4.98 Å². The van der Waals surface area contributed by atoms with Gasteiger partial charge in [-0.25, -0.2) is 0 Å². The molecule has 0 bridgehead atoms. The first-order valence-electron chi connectivity index (χ1n) is 16.0. The van der Waals surface area contributed by atoms with Gasteiger partial charge in [-0.3, -0.25) is 0 Å². The number of benzene rings is 6. The van der Waals surface area contributed by atoms with Gasteiger partial charge in [0, 0.05) is 22.0 Å². The molecule has 0 unspecified atom stereocenters. The Morgan fingerprint density at radius 1 is 0.422 bits per heavy atom. The fraction of sp³-hybridized carbons (Fsp3) is 0.182. The third kappa shape index (κ3) is 5.38. The zero-order valence-electron chi connectivity index (χ0n) is 27.2. The van der Waals surface area contributed by atoms with Crippen molar-refractivity contribution < 1.29 is 0 Å². The lowest BCUT2D eigenvalue weighted by atomic mass is 9.81. The van der Waals surface area contributed by atoms with Crippen LogP contribution in [0.3, 0.4) is 0 Å². The van der Waals surface area contributed by atoms with Crippen LogP contribution in [0.2, 0.25) is 0 Å². The van der Waals surface area contributed by atoms with Crippen LogP contribution in [0.4, 0.5) is 0 Å². The summed E-state index contributed by atoms with van der Waals surface area (Å²) < 4.78 is 0. The van der Waals surface area contributed by atoms with E-state index in [1.165, 1.54) is 66.2 Å². The molecule has 0 radical (unpaired) electrons. The SMILES string of the molecule is CC(C)(C)c1ccc(-c2[nH]c3cc4ccccc4cc3c2-c2ccc(C(C)(C)C)cc2-c2ccccc2)c(-c2ccccc2)c1. The molecule has 1 heteroatoms. The molecule has 1 aromatic heterocycles. The number of rotatable bonds is 4. The number of H-pyrrole nitrogens is 1. The Morgan fingerprint density at radius 3 is 1.42 bits per heavy atom. The van der Waals surface area contributed by atoms with Crippen LogP contribution >= 0.6 is 0 Å². The number of aromatic nitrogens is 1. The molecular formula is C44H41N. The van der Waals surface area contributed by atoms with Crippen molar-refractivity contribution in [2.75, 3.05) is 0 Å². The molecule has 7 rings (SSSR count). The van der Waals surface area contributed by atoms with E-state index in [0.717, 1.165) is 11.2 Å². The first-order valence-corrected chi connectivity index (χ1v) is 16.0. The van der Waals surface area contributed by atoms with Crippen LogP contribution in [0.5, 0.6) is 0 Å². The normalized spacial score (nSPS) is 12.2. The van der Waals surface area contributed by atoms with Gasteiger partial charge in [0.05, 0.1) is 5.69 Å². The highest BCUT2D eigenvalue weighted by molar-refractivity contribution is 6.12. The van der Waals surface area contributed by atoms with E-state index in [1.54, 1.807) is 0 Å². The van der Waals surface area contributed by atoms with Crippen molar-refractivity contribution in [3.8, 4) is 44.6 Å². The lowest BCUT2D eigenvalue weighted by Crippen LogP contribution is -2.11. The third-order valence-corrected chi connectivity index (χ3v) is 9.14. The minimum Gasteiger partial charge on any atom is -0.354 e. The van der Waals surface area contributed by atoms with Crippen molar-refractivity contribution in [2.45, 2.75) is 52.4 Å². The van der Waals surface area contributed by atoms with Gasteiger partial charge in [-0.2, -0.15) is 0 Å². The van der Waals surface area contributed by atoms with Crippen molar-refractivity contribution in [3.05, 3.63) is 145 Å². The largest absolute Gasteiger partial charge is 0.354 e. The average molecular weight is 584 g/mol. The van der Waals surface area contributed by atoms with Gasteiger partial charge in [-0.1, -0.05) is 151 Å². The molecule has 6 aromatic carbocycles. The lowest BCUT2D eigenvalue weighted by Gasteiger charge is -2.23. The molecule has 7 aromatic rings. The Labute approximate surface area is 267 Å². The summed E-state index contributed by atoms with van der Waals surface area (Å²) in [6, 6.07) is 49.2. The van der Waals surface area contributed by atoms with Crippen LogP contribution in [-0.4, -0.2) is 4.98 Å². The van der Waals surface area contributed by atoms with Crippen LogP contribution < -0.4 is 0 Å². The number of hydrogen-bond donors (Lipinski definition) is 1. The van der Waals surface area contributed by atoms with Gasteiger partial charge in [-0.15, -0.1) is 0 Å². The van der Waals surface area contributed by atoms with Crippen molar-refractivity contribution >= 4 is 21.7 Å². The minimum absolute atomic E-state index is 0.0323. The smallest absolute Gasteiger partial charge is 0.0551 e. The fourth-order valence-corrected chi connectivity index (χ4v) is 6.53. The molecule has 1 heterocycles. The molecule has 1 N–H and O–H groups in total. The van der Waals surface area contributed by atoms with Crippen molar-refractivity contribution in [1.29, 1.82) is 0 Å². The van der Waals surface area contributed by atoms with Gasteiger partial charge >= 0.3 is 0 Å². The Hall–Kier alpha value is -4.88. The van der Waals surface area contributed by atoms with Crippen LogP contribution in [0.1, 0.15) is 52.7 Å². The zero-order valence-corrected chi connectivity index (χ0v) is 27.2. The Kier molecular flexibility index (Phi) is 7.01. The van der Waals surface area contributed by atoms with E-state index in [4.69, 9.17) is 0 Å². The molecule has 0 fully saturated rings. The van der Waals surface area contributed by atoms with E-state index < -0.39 is 0 Å². The molecule has 0 spiro atoms. The van der Waals surface area contributed by atoms with Gasteiger partial charge in [0.1, 0.15) is 0 Å². The summed E-state index contributed by atoms with van der Waals surface area (Å²) in [4.78, 5) is 3.96. The second-order valence-corrected chi connectivity index (χ2v) is 14.4. The summed E-state index contributed by atoms with van der Waals surface area (Å²) in [5, 5.41) is 3.72. The molecule has 222 valence electrons. The maximum atomic E-state index is 3.96. The maximum Gasteiger partial charge on any atom is 0.0551 e. The van der Waals surface area contributed by atoms with E-state index >= 15 is 0 Å². The number of hydrogen-bond acceptors (Lipinski definition) is 0. The first kappa shape index (κ1) is 28.9. The van der Waals surface area contributed by atoms with E-state index in [-0.39, 0.29) is 10.8 Å². The Balaban J connectivity index is 1.61. The number of nitrogens with one attached hydrogen (secondary N) is 1. The van der Waals surface area contributed by atoms with Crippen LogP contribution in [0.25, 0.3) is 66.3 Å². The molecule has 45 heavy (non-hydrogen) atoms. The highest BCUT2D eigenvalue weighted by atomic mass is 14.7. The highest BCUT2D eigenvalue weighted by Gasteiger charge is 2.24. The van der Waals surface area contributed by atoms with Crippen molar-refractivity contribution in [3.63, 3.8) is 0 Å². The Bertz CT molecular complexity index is 2150. The predicted octanol–water partition coefficient (Wildman–Crippen LogP) is 12.6. The second-order valence-electron chi connectivity index (χ2n) is 14.4. The van der Waals surface area contributed by atoms with Gasteiger partial charge in [-0.05, 0) is 84.8 Å². The summed E-state index contributed by atoms with van der Waals surface area (Å²) in [6.45, 7) is 13.8. The molecule has 0 saturated heterocycles. The topological polar surface area (TPSA) is 15.8 Å². The van der Waals surface area contributed by atoms with Crippen LogP contribution in [0, 0.1) is 0 Å². The lowest BCUT2D eigenvalue weighted by molar-refractivity contribution is 0.590. The number of aromatic amines is 1. The summed E-state index contributed by atoms with van der Waals surface area (Å²) >= 11 is 0. The first-order chi connectivity index (χ1) is 21.6. The van der Waals surface area contributed by atoms with Crippen LogP contribution in [-0.2, 0) is 10.8 Å². The maximum absolute atomic E-state index is 3.96. The third-order valence-electron chi connectivity index (χ3n) is 9.14. The van der Waals surface area contributed by atoms with Crippen LogP contribution in [0.15, 0.2) is 133 Å². The monoisotopic (exact) mass is 583 g/mol. The standard InChI is InChI=1S/C44H41N/c1-43(2,3)33-21-23-35(37(27-33)29-15-9-7-10-16-29)41-39-25-31-19-13-14-20-32(31)26-40(39)45-42(41)36-24-22-34(44(4,5)6)28-38(36)30-17-11-8-12-18-30/h7-28,45H,1-6H3. The molecule has 0 saturated carbocycles. The molecule has 0 aliphatic carbocycles. The summed E-state index contributed by atoms with van der Waals surface area (Å²) in [6.07, 6.45) is 0. The Morgan fingerprint density at radius 2 is 0.889 bits per heavy atom. The summed E-state index contributed by atoms with van der Waals surface area (Å²) in [5.41, 5.74) is 13.7. The molecule has 0 amide bonds. The molecule has 0 aliphatic rings. The van der Waals surface area contributed by atoms with Gasteiger partial charge in [0.15, 0.2) is 0 Å². The van der Waals surface area contributed by atoms with Gasteiger partial charge < -0.3 is 4.98 Å². The highest BCUT2D eigenvalue weighted by Crippen LogP contribution is 2.47. The van der Waals surface area contributed by atoms with E-state index in [0.29, 0.717) is 0 Å². The average Bonchev–Trinajstić information content (AvgIpc) is 3.41. The molecule has 0 atom stereocenters. The quantitative estimate of drug-likeness (QED) is 0.212. The molecule has 1 nitrogen and oxygen atoms in total. The van der Waals surface area contributed by atoms with Gasteiger partial charge in [0.2, 0.25) is 0 Å². The second kappa shape index (κ2) is 10.9. The summed E-state index contributed by atoms with van der Waals surface area (Å²) in [7, 11) is 0. The molecule has 0 aliphatic heterocycles. The van der Waals surface area contributed by atoms with E-state index in [2.05, 4.69) is 180 Å². The van der Waals surface area contributed by atoms with Gasteiger partial charge in [0.25, 0.3) is 0 Å². The summed E-state index contributed by atoms with van der Waals surface area (Å²) in [5.74, 6) is 0.